The molecule has 0 heterocycles. The number of carbonyl (C=O) groups excluding carboxylic acids is 1. The van der Waals surface area contributed by atoms with Crippen LogP contribution in [0.5, 0.6) is 5.75 Å². The molecular formula is C14H21FN2O2. The smallest absolute Gasteiger partial charge is 0.241 e. The Bertz CT molecular complexity index is 435. The number of carbonyl (C=O) groups is 1. The van der Waals surface area contributed by atoms with E-state index in [0.717, 1.165) is 0 Å². The van der Waals surface area contributed by atoms with E-state index in [4.69, 9.17) is 10.5 Å². The Morgan fingerprint density at radius 3 is 2.74 bits per heavy atom. The van der Waals surface area contributed by atoms with Gasteiger partial charge in [-0.2, -0.15) is 0 Å². The zero-order chi connectivity index (χ0) is 14.4. The maximum Gasteiger partial charge on any atom is 0.241 e. The molecule has 0 aliphatic rings. The fourth-order valence-electron chi connectivity index (χ4n) is 1.71. The number of nitrogens with two attached hydrogens (primary N) is 1. The highest BCUT2D eigenvalue weighted by molar-refractivity contribution is 5.95. The molecule has 0 radical (unpaired) electrons. The van der Waals surface area contributed by atoms with E-state index in [1.807, 2.05) is 13.8 Å². The Morgan fingerprint density at radius 2 is 2.16 bits per heavy atom. The maximum absolute atomic E-state index is 13.1. The van der Waals surface area contributed by atoms with E-state index in [2.05, 4.69) is 5.32 Å². The van der Waals surface area contributed by atoms with Crippen LogP contribution in [-0.2, 0) is 4.79 Å². The molecule has 0 unspecified atom stereocenters. The molecule has 1 aromatic carbocycles. The minimum Gasteiger partial charge on any atom is -0.492 e. The molecule has 1 atom stereocenters. The van der Waals surface area contributed by atoms with Gasteiger partial charge < -0.3 is 15.8 Å². The fraction of sp³-hybridized carbons (Fsp3) is 0.500. The average Bonchev–Trinajstić information content (AvgIpc) is 2.32. The standard InChI is InChI=1S/C14H21FN2O2/c1-4-19-13-8-10(15)5-6-12(13)17-14(18)11(16)7-9(2)3/h5-6,8-9,11H,4,7,16H2,1-3H3,(H,17,18)/t11-/m0/s1. The van der Waals surface area contributed by atoms with Crippen LogP contribution in [0, 0.1) is 11.7 Å². The van der Waals surface area contributed by atoms with Crippen LogP contribution < -0.4 is 15.8 Å². The van der Waals surface area contributed by atoms with E-state index in [1.165, 1.54) is 18.2 Å². The summed E-state index contributed by atoms with van der Waals surface area (Å²) in [6, 6.07) is 3.40. The highest BCUT2D eigenvalue weighted by Gasteiger charge is 2.17. The number of ether oxygens (including phenoxy) is 1. The molecule has 0 bridgehead atoms. The van der Waals surface area contributed by atoms with Gasteiger partial charge >= 0.3 is 0 Å². The molecule has 0 saturated heterocycles. The first-order valence-electron chi connectivity index (χ1n) is 6.42. The summed E-state index contributed by atoms with van der Waals surface area (Å²) >= 11 is 0. The lowest BCUT2D eigenvalue weighted by Gasteiger charge is -2.16. The van der Waals surface area contributed by atoms with Crippen molar-refractivity contribution in [3.05, 3.63) is 24.0 Å². The first kappa shape index (κ1) is 15.4. The third-order valence-corrected chi connectivity index (χ3v) is 2.56. The largest absolute Gasteiger partial charge is 0.492 e. The third kappa shape index (κ3) is 4.87. The Hall–Kier alpha value is -1.62. The molecule has 0 fully saturated rings. The number of hydrogen-bond acceptors (Lipinski definition) is 3. The van der Waals surface area contributed by atoms with Gasteiger partial charge in [0.25, 0.3) is 0 Å². The van der Waals surface area contributed by atoms with Gasteiger partial charge in [-0.15, -0.1) is 0 Å². The fourth-order valence-corrected chi connectivity index (χ4v) is 1.71. The Labute approximate surface area is 113 Å². The van der Waals surface area contributed by atoms with Crippen molar-refractivity contribution in [3.8, 4) is 5.75 Å². The van der Waals surface area contributed by atoms with Crippen LogP contribution in [0.4, 0.5) is 10.1 Å². The molecule has 3 N–H and O–H groups in total. The molecule has 0 aromatic heterocycles. The van der Waals surface area contributed by atoms with Crippen LogP contribution >= 0.6 is 0 Å². The van der Waals surface area contributed by atoms with Crippen LogP contribution in [-0.4, -0.2) is 18.6 Å². The van der Waals surface area contributed by atoms with E-state index in [0.29, 0.717) is 30.4 Å². The topological polar surface area (TPSA) is 64.3 Å². The second kappa shape index (κ2) is 7.09. The van der Waals surface area contributed by atoms with Gasteiger partial charge in [-0.1, -0.05) is 13.8 Å². The monoisotopic (exact) mass is 268 g/mol. The van der Waals surface area contributed by atoms with Gasteiger partial charge in [0.15, 0.2) is 0 Å². The van der Waals surface area contributed by atoms with E-state index in [9.17, 15) is 9.18 Å². The highest BCUT2D eigenvalue weighted by atomic mass is 19.1. The summed E-state index contributed by atoms with van der Waals surface area (Å²) in [5, 5.41) is 2.67. The van der Waals surface area contributed by atoms with Crippen LogP contribution in [0.1, 0.15) is 27.2 Å². The Kier molecular flexibility index (Phi) is 5.76. The SMILES string of the molecule is CCOc1cc(F)ccc1NC(=O)[C@@H](N)CC(C)C. The summed E-state index contributed by atoms with van der Waals surface area (Å²) in [5.41, 5.74) is 6.23. The van der Waals surface area contributed by atoms with Crippen molar-refractivity contribution in [2.75, 3.05) is 11.9 Å². The molecule has 0 aliphatic carbocycles. The zero-order valence-electron chi connectivity index (χ0n) is 11.6. The molecule has 106 valence electrons. The van der Waals surface area contributed by atoms with Gasteiger partial charge in [-0.05, 0) is 31.4 Å². The summed E-state index contributed by atoms with van der Waals surface area (Å²) < 4.78 is 18.4. The molecule has 0 spiro atoms. The lowest BCUT2D eigenvalue weighted by atomic mass is 10.0. The molecule has 0 aliphatic heterocycles. The number of benzene rings is 1. The van der Waals surface area contributed by atoms with Crippen molar-refractivity contribution in [2.24, 2.45) is 11.7 Å². The first-order chi connectivity index (χ1) is 8.93. The zero-order valence-corrected chi connectivity index (χ0v) is 11.6. The highest BCUT2D eigenvalue weighted by Crippen LogP contribution is 2.25. The van der Waals surface area contributed by atoms with E-state index in [-0.39, 0.29) is 5.91 Å². The number of anilines is 1. The molecule has 0 saturated carbocycles. The lowest BCUT2D eigenvalue weighted by molar-refractivity contribution is -0.117. The molecular weight excluding hydrogens is 247 g/mol. The van der Waals surface area contributed by atoms with Crippen molar-refractivity contribution in [3.63, 3.8) is 0 Å². The molecule has 1 amide bonds. The van der Waals surface area contributed by atoms with E-state index >= 15 is 0 Å². The molecule has 4 nitrogen and oxygen atoms in total. The summed E-state index contributed by atoms with van der Waals surface area (Å²) in [6.45, 7) is 6.18. The van der Waals surface area contributed by atoms with Crippen molar-refractivity contribution < 1.29 is 13.9 Å². The van der Waals surface area contributed by atoms with Gasteiger partial charge in [0.05, 0.1) is 18.3 Å². The summed E-state index contributed by atoms with van der Waals surface area (Å²) in [7, 11) is 0. The van der Waals surface area contributed by atoms with E-state index < -0.39 is 11.9 Å². The second-order valence-corrected chi connectivity index (χ2v) is 4.80. The normalized spacial score (nSPS) is 12.3. The minimum atomic E-state index is -0.584. The Morgan fingerprint density at radius 1 is 1.47 bits per heavy atom. The van der Waals surface area contributed by atoms with Crippen molar-refractivity contribution in [2.45, 2.75) is 33.2 Å². The number of nitrogens with one attached hydrogen (secondary N) is 1. The lowest BCUT2D eigenvalue weighted by Crippen LogP contribution is -2.36. The van der Waals surface area contributed by atoms with Crippen molar-refractivity contribution in [1.82, 2.24) is 0 Å². The van der Waals surface area contributed by atoms with Gasteiger partial charge in [0.2, 0.25) is 5.91 Å². The van der Waals surface area contributed by atoms with E-state index in [1.54, 1.807) is 6.92 Å². The van der Waals surface area contributed by atoms with Crippen LogP contribution in [0.25, 0.3) is 0 Å². The Balaban J connectivity index is 2.78. The maximum atomic E-state index is 13.1. The van der Waals surface area contributed by atoms with Crippen LogP contribution in [0.2, 0.25) is 0 Å². The number of amides is 1. The van der Waals surface area contributed by atoms with Crippen molar-refractivity contribution >= 4 is 11.6 Å². The second-order valence-electron chi connectivity index (χ2n) is 4.80. The quantitative estimate of drug-likeness (QED) is 0.833. The van der Waals surface area contributed by atoms with Gasteiger partial charge in [0.1, 0.15) is 11.6 Å². The number of rotatable bonds is 6. The summed E-state index contributed by atoms with van der Waals surface area (Å²) in [6.07, 6.45) is 0.594. The van der Waals surface area contributed by atoms with Crippen LogP contribution in [0.3, 0.4) is 0 Å². The van der Waals surface area contributed by atoms with Crippen molar-refractivity contribution in [1.29, 1.82) is 0 Å². The summed E-state index contributed by atoms with van der Waals surface area (Å²) in [5.74, 6) is -0.0536. The molecule has 1 rings (SSSR count). The predicted molar refractivity (Wildman–Crippen MR) is 73.6 cm³/mol. The molecule has 5 heteroatoms. The first-order valence-corrected chi connectivity index (χ1v) is 6.42. The molecule has 1 aromatic rings. The third-order valence-electron chi connectivity index (χ3n) is 2.56. The molecule has 19 heavy (non-hydrogen) atoms. The predicted octanol–water partition coefficient (Wildman–Crippen LogP) is 2.54. The summed E-state index contributed by atoms with van der Waals surface area (Å²) in [4.78, 5) is 11.9. The minimum absolute atomic E-state index is 0.290. The van der Waals surface area contributed by atoms with Gasteiger partial charge in [-0.3, -0.25) is 4.79 Å². The van der Waals surface area contributed by atoms with Gasteiger partial charge in [0, 0.05) is 6.07 Å². The van der Waals surface area contributed by atoms with Gasteiger partial charge in [-0.25, -0.2) is 4.39 Å². The average molecular weight is 268 g/mol. The number of hydrogen-bond donors (Lipinski definition) is 2. The van der Waals surface area contributed by atoms with Crippen LogP contribution in [0.15, 0.2) is 18.2 Å². The number of halogens is 1.